The average Bonchev–Trinajstić information content (AvgIpc) is 2.44. The van der Waals surface area contributed by atoms with Gasteiger partial charge in [-0.05, 0) is 32.4 Å². The fourth-order valence-electron chi connectivity index (χ4n) is 2.45. The van der Waals surface area contributed by atoms with Gasteiger partial charge in [0, 0.05) is 19.6 Å². The molecule has 1 heterocycles. The Labute approximate surface area is 120 Å². The average molecular weight is 285 g/mol. The minimum Gasteiger partial charge on any atom is -0.481 e. The standard InChI is InChI=1S/C14H27N3O3/c1-2-6-12(13(18)19)11-16-14(20)15-7-10-17-8-4-3-5-9-17/h12H,2-11H2,1H3,(H,18,19)(H2,15,16,20). The van der Waals surface area contributed by atoms with Gasteiger partial charge in [-0.15, -0.1) is 0 Å². The minimum atomic E-state index is -0.847. The second-order valence-electron chi connectivity index (χ2n) is 5.36. The van der Waals surface area contributed by atoms with Crippen LogP contribution in [0.2, 0.25) is 0 Å². The van der Waals surface area contributed by atoms with Gasteiger partial charge in [0.2, 0.25) is 0 Å². The van der Waals surface area contributed by atoms with Gasteiger partial charge in [0.15, 0.2) is 0 Å². The molecule has 6 nitrogen and oxygen atoms in total. The first-order valence-electron chi connectivity index (χ1n) is 7.60. The molecule has 116 valence electrons. The summed E-state index contributed by atoms with van der Waals surface area (Å²) in [5.74, 6) is -1.34. The molecule has 1 saturated heterocycles. The Kier molecular flexibility index (Phi) is 8.02. The van der Waals surface area contributed by atoms with E-state index in [2.05, 4.69) is 15.5 Å². The smallest absolute Gasteiger partial charge is 0.314 e. The van der Waals surface area contributed by atoms with E-state index in [0.717, 1.165) is 26.1 Å². The molecular weight excluding hydrogens is 258 g/mol. The van der Waals surface area contributed by atoms with Crippen molar-refractivity contribution in [1.82, 2.24) is 15.5 Å². The first-order valence-corrected chi connectivity index (χ1v) is 7.60. The van der Waals surface area contributed by atoms with Crippen molar-refractivity contribution in [3.63, 3.8) is 0 Å². The van der Waals surface area contributed by atoms with Crippen LogP contribution in [-0.4, -0.2) is 54.7 Å². The highest BCUT2D eigenvalue weighted by molar-refractivity contribution is 5.75. The van der Waals surface area contributed by atoms with Gasteiger partial charge in [-0.3, -0.25) is 4.79 Å². The van der Waals surface area contributed by atoms with Crippen LogP contribution in [0.15, 0.2) is 0 Å². The number of rotatable bonds is 8. The molecule has 1 atom stereocenters. The van der Waals surface area contributed by atoms with Crippen LogP contribution >= 0.6 is 0 Å². The lowest BCUT2D eigenvalue weighted by Crippen LogP contribution is -2.43. The van der Waals surface area contributed by atoms with E-state index in [9.17, 15) is 9.59 Å². The monoisotopic (exact) mass is 285 g/mol. The Morgan fingerprint density at radius 1 is 1.20 bits per heavy atom. The predicted molar refractivity (Wildman–Crippen MR) is 77.7 cm³/mol. The third-order valence-corrected chi connectivity index (χ3v) is 3.66. The van der Waals surface area contributed by atoms with E-state index in [0.29, 0.717) is 13.0 Å². The highest BCUT2D eigenvalue weighted by atomic mass is 16.4. The van der Waals surface area contributed by atoms with Crippen LogP contribution in [0.5, 0.6) is 0 Å². The van der Waals surface area contributed by atoms with Crippen LogP contribution in [0.3, 0.4) is 0 Å². The SMILES string of the molecule is CCCC(CNC(=O)NCCN1CCCCC1)C(=O)O. The highest BCUT2D eigenvalue weighted by Crippen LogP contribution is 2.07. The second kappa shape index (κ2) is 9.58. The number of carbonyl (C=O) groups is 2. The van der Waals surface area contributed by atoms with E-state index in [-0.39, 0.29) is 12.6 Å². The predicted octanol–water partition coefficient (Wildman–Crippen LogP) is 1.27. The molecular formula is C14H27N3O3. The Morgan fingerprint density at radius 2 is 1.90 bits per heavy atom. The van der Waals surface area contributed by atoms with Gasteiger partial charge in [0.05, 0.1) is 5.92 Å². The lowest BCUT2D eigenvalue weighted by Gasteiger charge is -2.26. The summed E-state index contributed by atoms with van der Waals surface area (Å²) in [4.78, 5) is 24.9. The van der Waals surface area contributed by atoms with Gasteiger partial charge in [0.1, 0.15) is 0 Å². The summed E-state index contributed by atoms with van der Waals surface area (Å²) in [5.41, 5.74) is 0. The third-order valence-electron chi connectivity index (χ3n) is 3.66. The van der Waals surface area contributed by atoms with Gasteiger partial charge in [-0.1, -0.05) is 19.8 Å². The molecule has 1 rings (SSSR count). The van der Waals surface area contributed by atoms with Crippen molar-refractivity contribution in [1.29, 1.82) is 0 Å². The van der Waals surface area contributed by atoms with Gasteiger partial charge < -0.3 is 20.6 Å². The van der Waals surface area contributed by atoms with E-state index in [1.807, 2.05) is 6.92 Å². The van der Waals surface area contributed by atoms with Crippen molar-refractivity contribution in [3.8, 4) is 0 Å². The Bertz CT molecular complexity index is 304. The summed E-state index contributed by atoms with van der Waals surface area (Å²) in [6, 6.07) is -0.274. The Balaban J connectivity index is 2.11. The number of nitrogens with zero attached hydrogens (tertiary/aromatic N) is 1. The van der Waals surface area contributed by atoms with E-state index in [1.54, 1.807) is 0 Å². The van der Waals surface area contributed by atoms with E-state index >= 15 is 0 Å². The highest BCUT2D eigenvalue weighted by Gasteiger charge is 2.17. The maximum Gasteiger partial charge on any atom is 0.314 e. The summed E-state index contributed by atoms with van der Waals surface area (Å²) >= 11 is 0. The van der Waals surface area contributed by atoms with Crippen molar-refractivity contribution in [2.24, 2.45) is 5.92 Å². The molecule has 3 N–H and O–H groups in total. The molecule has 1 unspecified atom stereocenters. The summed E-state index contributed by atoms with van der Waals surface area (Å²) < 4.78 is 0. The third kappa shape index (κ3) is 6.75. The topological polar surface area (TPSA) is 81.7 Å². The molecule has 0 bridgehead atoms. The Hall–Kier alpha value is -1.30. The number of likely N-dealkylation sites (tertiary alicyclic amines) is 1. The fourth-order valence-corrected chi connectivity index (χ4v) is 2.45. The molecule has 0 aromatic rings. The summed E-state index contributed by atoms with van der Waals surface area (Å²) in [6.45, 7) is 5.83. The number of carboxylic acid groups (broad SMARTS) is 1. The lowest BCUT2D eigenvalue weighted by atomic mass is 10.0. The molecule has 2 amide bonds. The van der Waals surface area contributed by atoms with Crippen LogP contribution in [0.1, 0.15) is 39.0 Å². The molecule has 1 fully saturated rings. The molecule has 0 radical (unpaired) electrons. The van der Waals surface area contributed by atoms with E-state index < -0.39 is 11.9 Å². The van der Waals surface area contributed by atoms with Crippen LogP contribution in [0.4, 0.5) is 4.79 Å². The molecule has 1 aliphatic heterocycles. The van der Waals surface area contributed by atoms with Crippen molar-refractivity contribution in [2.45, 2.75) is 39.0 Å². The molecule has 1 aliphatic rings. The van der Waals surface area contributed by atoms with Gasteiger partial charge >= 0.3 is 12.0 Å². The number of nitrogens with one attached hydrogen (secondary N) is 2. The zero-order valence-electron chi connectivity index (χ0n) is 12.4. The molecule has 0 spiro atoms. The molecule has 20 heavy (non-hydrogen) atoms. The number of hydrogen-bond donors (Lipinski definition) is 3. The summed E-state index contributed by atoms with van der Waals surface area (Å²) in [6.07, 6.45) is 5.17. The maximum atomic E-state index is 11.6. The lowest BCUT2D eigenvalue weighted by molar-refractivity contribution is -0.141. The second-order valence-corrected chi connectivity index (χ2v) is 5.36. The number of aliphatic carboxylic acids is 1. The van der Waals surface area contributed by atoms with Crippen LogP contribution < -0.4 is 10.6 Å². The summed E-state index contributed by atoms with van der Waals surface area (Å²) in [7, 11) is 0. The van der Waals surface area contributed by atoms with Crippen LogP contribution in [0.25, 0.3) is 0 Å². The first kappa shape index (κ1) is 16.8. The number of urea groups is 1. The fraction of sp³-hybridized carbons (Fsp3) is 0.857. The molecule has 0 aliphatic carbocycles. The van der Waals surface area contributed by atoms with Crippen LogP contribution in [-0.2, 0) is 4.79 Å². The van der Waals surface area contributed by atoms with Crippen molar-refractivity contribution in [2.75, 3.05) is 32.7 Å². The number of piperidine rings is 1. The number of carbonyl (C=O) groups excluding carboxylic acids is 1. The van der Waals surface area contributed by atoms with Crippen molar-refractivity contribution < 1.29 is 14.7 Å². The first-order chi connectivity index (χ1) is 9.63. The Morgan fingerprint density at radius 3 is 2.50 bits per heavy atom. The molecule has 0 aromatic carbocycles. The summed E-state index contributed by atoms with van der Waals surface area (Å²) in [5, 5.41) is 14.4. The maximum absolute atomic E-state index is 11.6. The number of hydrogen-bond acceptors (Lipinski definition) is 3. The van der Waals surface area contributed by atoms with Gasteiger partial charge in [-0.2, -0.15) is 0 Å². The minimum absolute atomic E-state index is 0.193. The van der Waals surface area contributed by atoms with E-state index in [4.69, 9.17) is 5.11 Å². The number of amides is 2. The molecule has 0 aromatic heterocycles. The largest absolute Gasteiger partial charge is 0.481 e. The molecule has 0 saturated carbocycles. The number of carboxylic acids is 1. The van der Waals surface area contributed by atoms with Crippen LogP contribution in [0, 0.1) is 5.92 Å². The van der Waals surface area contributed by atoms with Crippen molar-refractivity contribution >= 4 is 12.0 Å². The molecule has 6 heteroatoms. The van der Waals surface area contributed by atoms with Crippen molar-refractivity contribution in [3.05, 3.63) is 0 Å². The quantitative estimate of drug-likeness (QED) is 0.627. The van der Waals surface area contributed by atoms with Gasteiger partial charge in [0.25, 0.3) is 0 Å². The zero-order valence-corrected chi connectivity index (χ0v) is 12.4. The van der Waals surface area contributed by atoms with E-state index in [1.165, 1.54) is 19.3 Å². The zero-order chi connectivity index (χ0) is 14.8. The van der Waals surface area contributed by atoms with Gasteiger partial charge in [-0.25, -0.2) is 4.79 Å². The normalized spacial score (nSPS) is 17.4.